The molecule has 2 fully saturated rings. The monoisotopic (exact) mass is 273 g/mol. The molecule has 2 heteroatoms. The highest BCUT2D eigenvalue weighted by Gasteiger charge is 2.39. The molecule has 4 atom stereocenters. The Morgan fingerprint density at radius 3 is 2.67 bits per heavy atom. The van der Waals surface area contributed by atoms with Gasteiger partial charge in [-0.1, -0.05) is 29.3 Å². The highest BCUT2D eigenvalue weighted by atomic mass is 79.9. The zero-order valence-corrected chi connectivity index (χ0v) is 11.7. The van der Waals surface area contributed by atoms with Gasteiger partial charge < -0.3 is 4.90 Å². The number of rotatable bonds is 5. The van der Waals surface area contributed by atoms with Gasteiger partial charge in [0.1, 0.15) is 0 Å². The van der Waals surface area contributed by atoms with Gasteiger partial charge in [0.15, 0.2) is 0 Å². The van der Waals surface area contributed by atoms with Gasteiger partial charge in [-0.15, -0.1) is 0 Å². The smallest absolute Gasteiger partial charge is 0.00692 e. The number of hydrogen-bond acceptors (Lipinski definition) is 1. The molecule has 2 aliphatic rings. The van der Waals surface area contributed by atoms with Crippen molar-refractivity contribution in [1.82, 2.24) is 4.90 Å². The maximum absolute atomic E-state index is 3.56. The molecule has 0 spiro atoms. The molecule has 0 aliphatic heterocycles. The van der Waals surface area contributed by atoms with E-state index in [0.717, 1.165) is 29.0 Å². The number of nitrogens with zero attached hydrogens (tertiary/aromatic N) is 1. The first kappa shape index (κ1) is 11.9. The van der Waals surface area contributed by atoms with Gasteiger partial charge in [-0.05, 0) is 50.0 Å². The van der Waals surface area contributed by atoms with Gasteiger partial charge >= 0.3 is 0 Å². The lowest BCUT2D eigenvalue weighted by Gasteiger charge is -2.28. The van der Waals surface area contributed by atoms with Gasteiger partial charge in [-0.25, -0.2) is 0 Å². The first-order valence-electron chi connectivity index (χ1n) is 6.43. The molecule has 0 radical (unpaired) electrons. The van der Waals surface area contributed by atoms with Crippen molar-refractivity contribution in [2.24, 2.45) is 23.7 Å². The van der Waals surface area contributed by atoms with Gasteiger partial charge in [0.25, 0.3) is 0 Å². The van der Waals surface area contributed by atoms with E-state index in [9.17, 15) is 0 Å². The Morgan fingerprint density at radius 2 is 2.13 bits per heavy atom. The zero-order valence-electron chi connectivity index (χ0n) is 10.1. The number of halogens is 1. The summed E-state index contributed by atoms with van der Waals surface area (Å²) in [6.07, 6.45) is 6.13. The molecule has 2 bridgehead atoms. The van der Waals surface area contributed by atoms with Gasteiger partial charge in [0.2, 0.25) is 0 Å². The van der Waals surface area contributed by atoms with E-state index in [-0.39, 0.29) is 0 Å². The second kappa shape index (κ2) is 5.18. The molecule has 0 N–H and O–H groups in total. The number of hydrogen-bond donors (Lipinski definition) is 0. The van der Waals surface area contributed by atoms with Crippen molar-refractivity contribution in [3.05, 3.63) is 0 Å². The van der Waals surface area contributed by atoms with Crippen LogP contribution in [0.3, 0.4) is 0 Å². The van der Waals surface area contributed by atoms with Crippen molar-refractivity contribution in [2.75, 3.05) is 25.5 Å². The highest BCUT2D eigenvalue weighted by Crippen LogP contribution is 2.48. The predicted octanol–water partition coefficient (Wildman–Crippen LogP) is 3.39. The van der Waals surface area contributed by atoms with Crippen LogP contribution in [0, 0.1) is 23.7 Å². The van der Waals surface area contributed by atoms with E-state index in [0.29, 0.717) is 0 Å². The molecular formula is C13H24BrN. The van der Waals surface area contributed by atoms with Crippen LogP contribution in [0.25, 0.3) is 0 Å². The van der Waals surface area contributed by atoms with Crippen LogP contribution in [0.2, 0.25) is 0 Å². The first-order valence-corrected chi connectivity index (χ1v) is 7.55. The van der Waals surface area contributed by atoms with E-state index < -0.39 is 0 Å². The van der Waals surface area contributed by atoms with E-state index in [2.05, 4.69) is 34.8 Å². The fourth-order valence-corrected chi connectivity index (χ4v) is 3.86. The molecule has 15 heavy (non-hydrogen) atoms. The average molecular weight is 274 g/mol. The molecular weight excluding hydrogens is 250 g/mol. The Labute approximate surface area is 103 Å². The molecule has 2 aliphatic carbocycles. The number of fused-ring (bicyclic) bond motifs is 2. The minimum absolute atomic E-state index is 0.786. The summed E-state index contributed by atoms with van der Waals surface area (Å²) in [4.78, 5) is 2.55. The molecule has 0 aromatic rings. The Kier molecular flexibility index (Phi) is 4.11. The predicted molar refractivity (Wildman–Crippen MR) is 69.4 cm³/mol. The quantitative estimate of drug-likeness (QED) is 0.695. The maximum Gasteiger partial charge on any atom is 0.00692 e. The second-order valence-corrected chi connectivity index (χ2v) is 6.56. The number of alkyl halides is 1. The fourth-order valence-electron chi connectivity index (χ4n) is 3.66. The largest absolute Gasteiger partial charge is 0.306 e. The highest BCUT2D eigenvalue weighted by molar-refractivity contribution is 9.09. The van der Waals surface area contributed by atoms with E-state index in [1.54, 1.807) is 6.42 Å². The molecule has 0 amide bonds. The van der Waals surface area contributed by atoms with Crippen molar-refractivity contribution in [1.29, 1.82) is 0 Å². The lowest BCUT2D eigenvalue weighted by Crippen LogP contribution is -2.32. The van der Waals surface area contributed by atoms with Crippen LogP contribution in [0.5, 0.6) is 0 Å². The van der Waals surface area contributed by atoms with Crippen LogP contribution in [0.15, 0.2) is 0 Å². The lowest BCUT2D eigenvalue weighted by atomic mass is 9.88. The van der Waals surface area contributed by atoms with Crippen LogP contribution in [-0.4, -0.2) is 30.4 Å². The van der Waals surface area contributed by atoms with Crippen LogP contribution < -0.4 is 0 Å². The summed E-state index contributed by atoms with van der Waals surface area (Å²) < 4.78 is 0. The summed E-state index contributed by atoms with van der Waals surface area (Å²) in [5.74, 6) is 3.99. The molecule has 0 saturated heterocycles. The van der Waals surface area contributed by atoms with Crippen LogP contribution in [-0.2, 0) is 0 Å². The van der Waals surface area contributed by atoms with E-state index >= 15 is 0 Å². The first-order chi connectivity index (χ1) is 7.19. The van der Waals surface area contributed by atoms with Gasteiger partial charge in [-0.2, -0.15) is 0 Å². The lowest BCUT2D eigenvalue weighted by molar-refractivity contribution is 0.206. The van der Waals surface area contributed by atoms with Gasteiger partial charge in [0, 0.05) is 18.4 Å². The van der Waals surface area contributed by atoms with Crippen molar-refractivity contribution in [3.63, 3.8) is 0 Å². The van der Waals surface area contributed by atoms with Crippen molar-refractivity contribution >= 4 is 15.9 Å². The molecule has 2 rings (SSSR count). The molecule has 0 heterocycles. The SMILES string of the molecule is CC(CBr)CN(C)CC1CC2CCC1C2. The van der Waals surface area contributed by atoms with Crippen LogP contribution in [0.1, 0.15) is 32.6 Å². The maximum atomic E-state index is 3.56. The van der Waals surface area contributed by atoms with Crippen molar-refractivity contribution in [3.8, 4) is 0 Å². The summed E-state index contributed by atoms with van der Waals surface area (Å²) in [6.45, 7) is 4.92. The molecule has 88 valence electrons. The molecule has 4 unspecified atom stereocenters. The molecule has 0 aromatic carbocycles. The van der Waals surface area contributed by atoms with Crippen LogP contribution >= 0.6 is 15.9 Å². The third-order valence-corrected chi connectivity index (χ3v) is 5.42. The molecule has 1 nitrogen and oxygen atoms in total. The Balaban J connectivity index is 1.72. The van der Waals surface area contributed by atoms with E-state index in [4.69, 9.17) is 0 Å². The third kappa shape index (κ3) is 2.97. The molecule has 2 saturated carbocycles. The summed E-state index contributed by atoms with van der Waals surface area (Å²) in [5, 5.41) is 1.13. The summed E-state index contributed by atoms with van der Waals surface area (Å²) in [6, 6.07) is 0. The summed E-state index contributed by atoms with van der Waals surface area (Å²) in [5.41, 5.74) is 0. The Morgan fingerprint density at radius 1 is 1.33 bits per heavy atom. The Bertz CT molecular complexity index is 207. The van der Waals surface area contributed by atoms with E-state index in [1.807, 2.05) is 0 Å². The zero-order chi connectivity index (χ0) is 10.8. The van der Waals surface area contributed by atoms with Crippen molar-refractivity contribution in [2.45, 2.75) is 32.6 Å². The van der Waals surface area contributed by atoms with E-state index in [1.165, 1.54) is 32.4 Å². The average Bonchev–Trinajstić information content (AvgIpc) is 2.78. The fraction of sp³-hybridized carbons (Fsp3) is 1.00. The van der Waals surface area contributed by atoms with Gasteiger partial charge in [-0.3, -0.25) is 0 Å². The third-order valence-electron chi connectivity index (χ3n) is 4.32. The summed E-state index contributed by atoms with van der Waals surface area (Å²) >= 11 is 3.56. The second-order valence-electron chi connectivity index (χ2n) is 5.92. The normalized spacial score (nSPS) is 36.4. The van der Waals surface area contributed by atoms with Crippen molar-refractivity contribution < 1.29 is 0 Å². The standard InChI is InChI=1S/C13H24BrN/c1-10(7-14)8-15(2)9-13-6-11-3-4-12(13)5-11/h10-13H,3-9H2,1-2H3. The Hall–Kier alpha value is 0.440. The minimum Gasteiger partial charge on any atom is -0.306 e. The topological polar surface area (TPSA) is 3.24 Å². The minimum atomic E-state index is 0.786. The van der Waals surface area contributed by atoms with Crippen LogP contribution in [0.4, 0.5) is 0 Å². The van der Waals surface area contributed by atoms with Gasteiger partial charge in [0.05, 0.1) is 0 Å². The summed E-state index contributed by atoms with van der Waals surface area (Å²) in [7, 11) is 2.30. The molecule has 0 aromatic heterocycles.